The second kappa shape index (κ2) is 5.53. The van der Waals surface area contributed by atoms with Gasteiger partial charge in [0.25, 0.3) is 0 Å². The van der Waals surface area contributed by atoms with E-state index in [-0.39, 0.29) is 12.5 Å². The van der Waals surface area contributed by atoms with Crippen molar-refractivity contribution in [3.05, 3.63) is 30.1 Å². The van der Waals surface area contributed by atoms with Gasteiger partial charge in [-0.1, -0.05) is 13.0 Å². The van der Waals surface area contributed by atoms with Gasteiger partial charge in [-0.25, -0.2) is 4.98 Å². The normalized spacial score (nSPS) is 13.1. The van der Waals surface area contributed by atoms with Crippen LogP contribution in [0.5, 0.6) is 0 Å². The molecule has 0 fully saturated rings. The van der Waals surface area contributed by atoms with Crippen LogP contribution in [0.25, 0.3) is 5.65 Å². The zero-order valence-corrected chi connectivity index (χ0v) is 10.7. The lowest BCUT2D eigenvalue weighted by Gasteiger charge is -2.06. The SMILES string of the molecule is CC(CO)CSc1nc2ccccn2c1CN. The van der Waals surface area contributed by atoms with Crippen molar-refractivity contribution in [1.82, 2.24) is 9.38 Å². The monoisotopic (exact) mass is 251 g/mol. The fraction of sp³-hybridized carbons (Fsp3) is 0.417. The van der Waals surface area contributed by atoms with Crippen molar-refractivity contribution in [2.75, 3.05) is 12.4 Å². The number of nitrogens with two attached hydrogens (primary N) is 1. The minimum absolute atomic E-state index is 0.207. The van der Waals surface area contributed by atoms with Gasteiger partial charge in [0.15, 0.2) is 0 Å². The summed E-state index contributed by atoms with van der Waals surface area (Å²) in [5.41, 5.74) is 7.74. The first-order valence-corrected chi connectivity index (χ1v) is 6.64. The zero-order valence-electron chi connectivity index (χ0n) is 9.84. The van der Waals surface area contributed by atoms with Crippen LogP contribution in [0.4, 0.5) is 0 Å². The van der Waals surface area contributed by atoms with Crippen LogP contribution in [0.2, 0.25) is 0 Å². The van der Waals surface area contributed by atoms with Crippen molar-refractivity contribution in [2.24, 2.45) is 11.7 Å². The number of fused-ring (bicyclic) bond motifs is 1. The molecule has 0 aliphatic carbocycles. The quantitative estimate of drug-likeness (QED) is 0.791. The molecular formula is C12H17N3OS. The maximum absolute atomic E-state index is 9.02. The number of thioether (sulfide) groups is 1. The number of rotatable bonds is 5. The molecular weight excluding hydrogens is 234 g/mol. The number of hydrogen-bond acceptors (Lipinski definition) is 4. The van der Waals surface area contributed by atoms with E-state index in [1.54, 1.807) is 11.8 Å². The number of imidazole rings is 1. The lowest BCUT2D eigenvalue weighted by molar-refractivity contribution is 0.250. The second-order valence-electron chi connectivity index (χ2n) is 4.10. The minimum Gasteiger partial charge on any atom is -0.396 e. The van der Waals surface area contributed by atoms with Gasteiger partial charge in [-0.3, -0.25) is 0 Å². The van der Waals surface area contributed by atoms with E-state index in [0.29, 0.717) is 6.54 Å². The van der Waals surface area contributed by atoms with Crippen LogP contribution in [0.3, 0.4) is 0 Å². The van der Waals surface area contributed by atoms with Crippen LogP contribution in [-0.4, -0.2) is 26.9 Å². The minimum atomic E-state index is 0.207. The Morgan fingerprint density at radius 3 is 3.06 bits per heavy atom. The standard InChI is InChI=1S/C12H17N3OS/c1-9(7-16)8-17-12-10(6-13)15-5-3-2-4-11(15)14-12/h2-5,9,16H,6-8,13H2,1H3. The number of aromatic nitrogens is 2. The van der Waals surface area contributed by atoms with Gasteiger partial charge in [-0.15, -0.1) is 11.8 Å². The molecule has 0 aromatic carbocycles. The topological polar surface area (TPSA) is 63.5 Å². The van der Waals surface area contributed by atoms with E-state index in [9.17, 15) is 0 Å². The van der Waals surface area contributed by atoms with E-state index >= 15 is 0 Å². The first kappa shape index (κ1) is 12.4. The summed E-state index contributed by atoms with van der Waals surface area (Å²) in [6, 6.07) is 5.91. The Labute approximate surface area is 105 Å². The average Bonchev–Trinajstić information content (AvgIpc) is 2.73. The van der Waals surface area contributed by atoms with Crippen molar-refractivity contribution in [1.29, 1.82) is 0 Å². The molecule has 2 heterocycles. The lowest BCUT2D eigenvalue weighted by atomic mass is 10.2. The Bertz CT molecular complexity index is 497. The van der Waals surface area contributed by atoms with Gasteiger partial charge < -0.3 is 15.2 Å². The van der Waals surface area contributed by atoms with Crippen LogP contribution in [0.1, 0.15) is 12.6 Å². The maximum Gasteiger partial charge on any atom is 0.138 e. The smallest absolute Gasteiger partial charge is 0.138 e. The highest BCUT2D eigenvalue weighted by Gasteiger charge is 2.12. The summed E-state index contributed by atoms with van der Waals surface area (Å²) in [5, 5.41) is 9.99. The van der Waals surface area contributed by atoms with Crippen LogP contribution in [0, 0.1) is 5.92 Å². The number of aliphatic hydroxyl groups excluding tert-OH is 1. The molecule has 2 aromatic rings. The van der Waals surface area contributed by atoms with Crippen LogP contribution in [0.15, 0.2) is 29.4 Å². The van der Waals surface area contributed by atoms with Crippen molar-refractivity contribution in [3.63, 3.8) is 0 Å². The van der Waals surface area contributed by atoms with Crippen LogP contribution in [-0.2, 0) is 6.54 Å². The van der Waals surface area contributed by atoms with Crippen molar-refractivity contribution >= 4 is 17.4 Å². The highest BCUT2D eigenvalue weighted by molar-refractivity contribution is 7.99. The molecule has 0 saturated carbocycles. The fourth-order valence-electron chi connectivity index (χ4n) is 1.60. The van der Waals surface area contributed by atoms with E-state index in [2.05, 4.69) is 4.98 Å². The Balaban J connectivity index is 2.27. The Hall–Kier alpha value is -1.04. The van der Waals surface area contributed by atoms with E-state index in [4.69, 9.17) is 10.8 Å². The van der Waals surface area contributed by atoms with Crippen molar-refractivity contribution in [2.45, 2.75) is 18.5 Å². The Morgan fingerprint density at radius 1 is 1.53 bits per heavy atom. The molecule has 2 rings (SSSR count). The molecule has 3 N–H and O–H groups in total. The first-order valence-electron chi connectivity index (χ1n) is 5.66. The molecule has 0 spiro atoms. The van der Waals surface area contributed by atoms with Crippen LogP contribution >= 0.6 is 11.8 Å². The largest absolute Gasteiger partial charge is 0.396 e. The molecule has 2 aromatic heterocycles. The highest BCUT2D eigenvalue weighted by atomic mass is 32.2. The van der Waals surface area contributed by atoms with Crippen molar-refractivity contribution in [3.8, 4) is 0 Å². The van der Waals surface area contributed by atoms with E-state index in [1.807, 2.05) is 35.7 Å². The van der Waals surface area contributed by atoms with E-state index < -0.39 is 0 Å². The molecule has 0 aliphatic heterocycles. The third-order valence-corrected chi connectivity index (χ3v) is 3.94. The predicted octanol–water partition coefficient (Wildman–Crippen LogP) is 1.51. The average molecular weight is 251 g/mol. The van der Waals surface area contributed by atoms with Gasteiger partial charge in [0.2, 0.25) is 0 Å². The molecule has 1 atom stereocenters. The summed E-state index contributed by atoms with van der Waals surface area (Å²) in [6.45, 7) is 2.70. The van der Waals surface area contributed by atoms with Crippen molar-refractivity contribution < 1.29 is 5.11 Å². The molecule has 0 radical (unpaired) electrons. The second-order valence-corrected chi connectivity index (χ2v) is 5.10. The Morgan fingerprint density at radius 2 is 2.35 bits per heavy atom. The summed E-state index contributed by atoms with van der Waals surface area (Å²) < 4.78 is 2.02. The molecule has 0 amide bonds. The zero-order chi connectivity index (χ0) is 12.3. The molecule has 4 nitrogen and oxygen atoms in total. The first-order chi connectivity index (χ1) is 8.26. The maximum atomic E-state index is 9.02. The summed E-state index contributed by atoms with van der Waals surface area (Å²) >= 11 is 1.66. The van der Waals surface area contributed by atoms with E-state index in [1.165, 1.54) is 0 Å². The number of nitrogens with zero attached hydrogens (tertiary/aromatic N) is 2. The molecule has 5 heteroatoms. The van der Waals surface area contributed by atoms with E-state index in [0.717, 1.165) is 22.1 Å². The third kappa shape index (κ3) is 2.62. The van der Waals surface area contributed by atoms with Gasteiger partial charge in [0.05, 0.1) is 5.69 Å². The number of hydrogen-bond donors (Lipinski definition) is 2. The Kier molecular flexibility index (Phi) is 4.04. The molecule has 0 aliphatic rings. The van der Waals surface area contributed by atoms with Gasteiger partial charge in [-0.2, -0.15) is 0 Å². The molecule has 17 heavy (non-hydrogen) atoms. The van der Waals surface area contributed by atoms with Crippen LogP contribution < -0.4 is 5.73 Å². The molecule has 92 valence electrons. The lowest BCUT2D eigenvalue weighted by Crippen LogP contribution is -2.05. The number of aliphatic hydroxyl groups is 1. The summed E-state index contributed by atoms with van der Waals surface area (Å²) in [7, 11) is 0. The molecule has 0 bridgehead atoms. The highest BCUT2D eigenvalue weighted by Crippen LogP contribution is 2.24. The molecule has 1 unspecified atom stereocenters. The fourth-order valence-corrected chi connectivity index (χ4v) is 2.65. The summed E-state index contributed by atoms with van der Waals surface area (Å²) in [4.78, 5) is 4.55. The summed E-state index contributed by atoms with van der Waals surface area (Å²) in [5.74, 6) is 1.13. The van der Waals surface area contributed by atoms with Gasteiger partial charge >= 0.3 is 0 Å². The molecule has 0 saturated heterocycles. The van der Waals surface area contributed by atoms with Gasteiger partial charge in [-0.05, 0) is 18.1 Å². The predicted molar refractivity (Wildman–Crippen MR) is 70.1 cm³/mol. The number of pyridine rings is 1. The van der Waals surface area contributed by atoms with Gasteiger partial charge in [0, 0.05) is 25.1 Å². The summed E-state index contributed by atoms with van der Waals surface area (Å²) in [6.07, 6.45) is 1.98. The van der Waals surface area contributed by atoms with Gasteiger partial charge in [0.1, 0.15) is 10.7 Å². The third-order valence-electron chi connectivity index (χ3n) is 2.60.